The molecule has 0 bridgehead atoms. The fraction of sp³-hybridized carbons (Fsp3) is 0.143. The number of hydrogen-bond acceptors (Lipinski definition) is 1. The number of hydrogen-bond donors (Lipinski definition) is 1. The first-order valence-corrected chi connectivity index (χ1v) is 6.60. The number of rotatable bonds is 3. The molecule has 3 heteroatoms. The molecule has 1 nitrogen and oxygen atoms in total. The molecule has 1 atom stereocenters. The van der Waals surface area contributed by atoms with Crippen molar-refractivity contribution in [2.24, 2.45) is 0 Å². The van der Waals surface area contributed by atoms with Crippen molar-refractivity contribution in [2.45, 2.75) is 13.0 Å². The molecule has 1 N–H and O–H groups in total. The van der Waals surface area contributed by atoms with Gasteiger partial charge in [-0.15, -0.1) is 0 Å². The maximum atomic E-state index is 6.17. The second-order valence-corrected chi connectivity index (χ2v) is 5.22. The lowest BCUT2D eigenvalue weighted by Gasteiger charge is -2.16. The number of nitrogens with one attached hydrogen (secondary N) is 1. The lowest BCUT2D eigenvalue weighted by molar-refractivity contribution is 0.885. The Kier molecular flexibility index (Phi) is 4.08. The van der Waals surface area contributed by atoms with Crippen LogP contribution < -0.4 is 5.32 Å². The van der Waals surface area contributed by atoms with Crippen molar-refractivity contribution in [1.29, 1.82) is 0 Å². The Labute approximate surface area is 115 Å². The maximum absolute atomic E-state index is 6.17. The molecule has 0 aliphatic carbocycles. The molecule has 0 aliphatic heterocycles. The first-order chi connectivity index (χ1) is 8.16. The van der Waals surface area contributed by atoms with Crippen LogP contribution >= 0.6 is 27.5 Å². The van der Waals surface area contributed by atoms with E-state index in [1.165, 1.54) is 5.56 Å². The van der Waals surface area contributed by atoms with Crippen LogP contribution in [-0.2, 0) is 0 Å². The Balaban J connectivity index is 2.16. The summed E-state index contributed by atoms with van der Waals surface area (Å²) in [6.07, 6.45) is 0. The molecule has 2 aromatic carbocycles. The zero-order valence-electron chi connectivity index (χ0n) is 9.45. The molecule has 17 heavy (non-hydrogen) atoms. The van der Waals surface area contributed by atoms with E-state index in [0.29, 0.717) is 0 Å². The average Bonchev–Trinajstić information content (AvgIpc) is 2.34. The summed E-state index contributed by atoms with van der Waals surface area (Å²) < 4.78 is 0.986. The first-order valence-electron chi connectivity index (χ1n) is 5.43. The zero-order valence-corrected chi connectivity index (χ0v) is 11.8. The number of benzene rings is 2. The van der Waals surface area contributed by atoms with Crippen LogP contribution in [-0.4, -0.2) is 0 Å². The summed E-state index contributed by atoms with van der Waals surface area (Å²) in [5.74, 6) is 0. The summed E-state index contributed by atoms with van der Waals surface area (Å²) in [5, 5.41) is 4.13. The van der Waals surface area contributed by atoms with Crippen molar-refractivity contribution < 1.29 is 0 Å². The average molecular weight is 311 g/mol. The van der Waals surface area contributed by atoms with Crippen molar-refractivity contribution in [1.82, 2.24) is 0 Å². The Hall–Kier alpha value is -0.990. The molecule has 0 aliphatic rings. The van der Waals surface area contributed by atoms with Crippen LogP contribution in [0, 0.1) is 0 Å². The quantitative estimate of drug-likeness (QED) is 0.813. The molecule has 0 heterocycles. The SMILES string of the molecule is CC(Nc1ccc(Br)cc1Cl)c1ccccc1. The van der Waals surface area contributed by atoms with Gasteiger partial charge in [-0.2, -0.15) is 0 Å². The van der Waals surface area contributed by atoms with Crippen LogP contribution in [0.2, 0.25) is 5.02 Å². The van der Waals surface area contributed by atoms with Gasteiger partial charge in [0.1, 0.15) is 0 Å². The molecule has 2 rings (SSSR count). The fourth-order valence-corrected chi connectivity index (χ4v) is 2.39. The Morgan fingerprint density at radius 1 is 1.12 bits per heavy atom. The van der Waals surface area contributed by atoms with Gasteiger partial charge in [-0.05, 0) is 30.7 Å². The molecule has 0 saturated heterocycles. The van der Waals surface area contributed by atoms with E-state index in [0.717, 1.165) is 15.2 Å². The van der Waals surface area contributed by atoms with E-state index < -0.39 is 0 Å². The predicted octanol–water partition coefficient (Wildman–Crippen LogP) is 5.28. The van der Waals surface area contributed by atoms with Crippen molar-refractivity contribution in [3.63, 3.8) is 0 Å². The van der Waals surface area contributed by atoms with Gasteiger partial charge in [-0.1, -0.05) is 57.9 Å². The van der Waals surface area contributed by atoms with E-state index in [1.807, 2.05) is 36.4 Å². The molecule has 88 valence electrons. The highest BCUT2D eigenvalue weighted by Crippen LogP contribution is 2.28. The van der Waals surface area contributed by atoms with E-state index >= 15 is 0 Å². The van der Waals surface area contributed by atoms with Gasteiger partial charge in [0, 0.05) is 10.5 Å². The van der Waals surface area contributed by atoms with E-state index in [-0.39, 0.29) is 6.04 Å². The van der Waals surface area contributed by atoms with Crippen molar-refractivity contribution in [3.05, 3.63) is 63.6 Å². The van der Waals surface area contributed by atoms with E-state index in [2.05, 4.69) is 40.3 Å². The van der Waals surface area contributed by atoms with Gasteiger partial charge in [0.25, 0.3) is 0 Å². The van der Waals surface area contributed by atoms with Gasteiger partial charge in [0.15, 0.2) is 0 Å². The summed E-state index contributed by atoms with van der Waals surface area (Å²) >= 11 is 9.56. The van der Waals surface area contributed by atoms with E-state index in [4.69, 9.17) is 11.6 Å². The van der Waals surface area contributed by atoms with Crippen LogP contribution in [0.5, 0.6) is 0 Å². The lowest BCUT2D eigenvalue weighted by atomic mass is 10.1. The summed E-state index contributed by atoms with van der Waals surface area (Å²) in [6, 6.07) is 16.4. The predicted molar refractivity (Wildman–Crippen MR) is 77.6 cm³/mol. The van der Waals surface area contributed by atoms with Gasteiger partial charge >= 0.3 is 0 Å². The molecular formula is C14H13BrClN. The molecular weight excluding hydrogens is 298 g/mol. The summed E-state index contributed by atoms with van der Waals surface area (Å²) in [6.45, 7) is 2.12. The number of anilines is 1. The largest absolute Gasteiger partial charge is 0.377 e. The standard InChI is InChI=1S/C14H13BrClN/c1-10(11-5-3-2-4-6-11)17-14-8-7-12(15)9-13(14)16/h2-10,17H,1H3. The fourth-order valence-electron chi connectivity index (χ4n) is 1.66. The molecule has 0 aromatic heterocycles. The monoisotopic (exact) mass is 309 g/mol. The van der Waals surface area contributed by atoms with Gasteiger partial charge in [-0.25, -0.2) is 0 Å². The second kappa shape index (κ2) is 5.56. The second-order valence-electron chi connectivity index (χ2n) is 3.90. The lowest BCUT2D eigenvalue weighted by Crippen LogP contribution is -2.06. The Bertz CT molecular complexity index is 499. The minimum atomic E-state index is 0.231. The van der Waals surface area contributed by atoms with Crippen molar-refractivity contribution >= 4 is 33.2 Å². The molecule has 0 amide bonds. The maximum Gasteiger partial charge on any atom is 0.0648 e. The van der Waals surface area contributed by atoms with E-state index in [9.17, 15) is 0 Å². The smallest absolute Gasteiger partial charge is 0.0648 e. The molecule has 2 aromatic rings. The normalized spacial score (nSPS) is 12.2. The highest BCUT2D eigenvalue weighted by atomic mass is 79.9. The van der Waals surface area contributed by atoms with Crippen LogP contribution in [0.3, 0.4) is 0 Å². The molecule has 1 unspecified atom stereocenters. The van der Waals surface area contributed by atoms with Gasteiger partial charge in [0.2, 0.25) is 0 Å². The molecule has 0 saturated carbocycles. The molecule has 0 radical (unpaired) electrons. The summed E-state index contributed by atoms with van der Waals surface area (Å²) in [5.41, 5.74) is 2.19. The third kappa shape index (κ3) is 3.24. The minimum Gasteiger partial charge on any atom is -0.377 e. The van der Waals surface area contributed by atoms with Gasteiger partial charge in [0.05, 0.1) is 10.7 Å². The van der Waals surface area contributed by atoms with Crippen molar-refractivity contribution in [2.75, 3.05) is 5.32 Å². The van der Waals surface area contributed by atoms with Gasteiger partial charge in [-0.3, -0.25) is 0 Å². The highest BCUT2D eigenvalue weighted by Gasteiger charge is 2.07. The minimum absolute atomic E-state index is 0.231. The third-order valence-electron chi connectivity index (χ3n) is 2.60. The topological polar surface area (TPSA) is 12.0 Å². The number of halogens is 2. The van der Waals surface area contributed by atoms with Gasteiger partial charge < -0.3 is 5.32 Å². The third-order valence-corrected chi connectivity index (χ3v) is 3.41. The molecule has 0 fully saturated rings. The van der Waals surface area contributed by atoms with Crippen LogP contribution in [0.1, 0.15) is 18.5 Å². The van der Waals surface area contributed by atoms with E-state index in [1.54, 1.807) is 0 Å². The van der Waals surface area contributed by atoms with Crippen LogP contribution in [0.25, 0.3) is 0 Å². The summed E-state index contributed by atoms with van der Waals surface area (Å²) in [7, 11) is 0. The highest BCUT2D eigenvalue weighted by molar-refractivity contribution is 9.10. The molecule has 0 spiro atoms. The summed E-state index contributed by atoms with van der Waals surface area (Å²) in [4.78, 5) is 0. The van der Waals surface area contributed by atoms with Crippen LogP contribution in [0.4, 0.5) is 5.69 Å². The van der Waals surface area contributed by atoms with Crippen molar-refractivity contribution in [3.8, 4) is 0 Å². The Morgan fingerprint density at radius 3 is 2.47 bits per heavy atom. The first kappa shape index (κ1) is 12.5. The Morgan fingerprint density at radius 2 is 1.82 bits per heavy atom. The van der Waals surface area contributed by atoms with Crippen LogP contribution in [0.15, 0.2) is 53.0 Å². The zero-order chi connectivity index (χ0) is 12.3.